The molecule has 0 saturated carbocycles. The molecule has 102 valence electrons. The average Bonchev–Trinajstić information content (AvgIpc) is 2.77. The van der Waals surface area contributed by atoms with Gasteiger partial charge >= 0.3 is 0 Å². The molecule has 0 spiro atoms. The zero-order chi connectivity index (χ0) is 14.7. The van der Waals surface area contributed by atoms with E-state index in [9.17, 15) is 9.59 Å². The van der Waals surface area contributed by atoms with Crippen LogP contribution in [0.15, 0.2) is 71.9 Å². The Morgan fingerprint density at radius 3 is 1.81 bits per heavy atom. The summed E-state index contributed by atoms with van der Waals surface area (Å²) in [6.45, 7) is 0. The van der Waals surface area contributed by atoms with Gasteiger partial charge < -0.3 is 5.32 Å². The van der Waals surface area contributed by atoms with Crippen LogP contribution in [0, 0.1) is 0 Å². The molecule has 3 rings (SSSR count). The maximum Gasteiger partial charge on any atom is 0.259 e. The summed E-state index contributed by atoms with van der Waals surface area (Å²) >= 11 is 0. The van der Waals surface area contributed by atoms with Crippen molar-refractivity contribution in [3.05, 3.63) is 83.1 Å². The van der Waals surface area contributed by atoms with Gasteiger partial charge in [0.25, 0.3) is 5.91 Å². The molecular formula is C18H13NO2. The zero-order valence-electron chi connectivity index (χ0n) is 11.2. The Balaban J connectivity index is 1.93. The second kappa shape index (κ2) is 5.59. The van der Waals surface area contributed by atoms with E-state index in [0.29, 0.717) is 5.70 Å². The van der Waals surface area contributed by atoms with Crippen molar-refractivity contribution in [2.45, 2.75) is 0 Å². The standard InChI is InChI=1S/C18H13NO2/c20-17-15(11-13-7-3-1-4-8-13)18(21)19-16(17)12-14-9-5-2-6-10-14/h1-12H,(H,19,21)/b15-11+,16-12-. The molecule has 1 heterocycles. The van der Waals surface area contributed by atoms with Gasteiger partial charge in [-0.05, 0) is 23.3 Å². The highest BCUT2D eigenvalue weighted by atomic mass is 16.2. The van der Waals surface area contributed by atoms with Gasteiger partial charge in [-0.3, -0.25) is 9.59 Å². The summed E-state index contributed by atoms with van der Waals surface area (Å²) < 4.78 is 0. The van der Waals surface area contributed by atoms with Gasteiger partial charge in [-0.1, -0.05) is 60.7 Å². The fraction of sp³-hybridized carbons (Fsp3) is 0. The Morgan fingerprint density at radius 1 is 0.714 bits per heavy atom. The molecule has 21 heavy (non-hydrogen) atoms. The highest BCUT2D eigenvalue weighted by molar-refractivity contribution is 6.35. The SMILES string of the molecule is O=C1N/C(=C\c2ccccc2)C(=O)/C1=C\c1ccccc1. The molecule has 0 aromatic heterocycles. The number of hydrogen-bond donors (Lipinski definition) is 1. The van der Waals surface area contributed by atoms with Crippen molar-refractivity contribution in [3.63, 3.8) is 0 Å². The maximum absolute atomic E-state index is 12.3. The summed E-state index contributed by atoms with van der Waals surface area (Å²) in [4.78, 5) is 24.3. The molecule has 1 N–H and O–H groups in total. The first-order valence-electron chi connectivity index (χ1n) is 6.63. The Morgan fingerprint density at radius 2 is 1.24 bits per heavy atom. The van der Waals surface area contributed by atoms with Crippen molar-refractivity contribution >= 4 is 23.8 Å². The third kappa shape index (κ3) is 2.82. The van der Waals surface area contributed by atoms with Crippen LogP contribution in [0.3, 0.4) is 0 Å². The fourth-order valence-electron chi connectivity index (χ4n) is 2.16. The van der Waals surface area contributed by atoms with E-state index in [1.165, 1.54) is 0 Å². The van der Waals surface area contributed by atoms with Crippen molar-refractivity contribution in [1.29, 1.82) is 0 Å². The van der Waals surface area contributed by atoms with Crippen LogP contribution in [-0.2, 0) is 9.59 Å². The lowest BCUT2D eigenvalue weighted by molar-refractivity contribution is -0.116. The van der Waals surface area contributed by atoms with Crippen LogP contribution in [0.4, 0.5) is 0 Å². The molecule has 1 fully saturated rings. The van der Waals surface area contributed by atoms with Crippen LogP contribution in [0.1, 0.15) is 11.1 Å². The molecule has 0 bridgehead atoms. The van der Waals surface area contributed by atoms with Crippen molar-refractivity contribution < 1.29 is 9.59 Å². The van der Waals surface area contributed by atoms with Crippen molar-refractivity contribution in [2.75, 3.05) is 0 Å². The Hall–Kier alpha value is -2.94. The number of carbonyl (C=O) groups is 2. The number of benzene rings is 2. The lowest BCUT2D eigenvalue weighted by atomic mass is 10.1. The summed E-state index contributed by atoms with van der Waals surface area (Å²) in [7, 11) is 0. The summed E-state index contributed by atoms with van der Waals surface area (Å²) in [6.07, 6.45) is 3.30. The molecule has 0 aliphatic carbocycles. The summed E-state index contributed by atoms with van der Waals surface area (Å²) in [5, 5.41) is 2.63. The normalized spacial score (nSPS) is 18.3. The van der Waals surface area contributed by atoms with Gasteiger partial charge in [0.1, 0.15) is 0 Å². The highest BCUT2D eigenvalue weighted by Gasteiger charge is 2.30. The van der Waals surface area contributed by atoms with E-state index < -0.39 is 0 Å². The Bertz CT molecular complexity index is 743. The Kier molecular flexibility index (Phi) is 3.48. The molecule has 2 aromatic rings. The lowest BCUT2D eigenvalue weighted by Gasteiger charge is -1.95. The first-order chi connectivity index (χ1) is 10.2. The molecule has 1 aliphatic rings. The first kappa shape index (κ1) is 13.1. The highest BCUT2D eigenvalue weighted by Crippen LogP contribution is 2.19. The number of nitrogens with one attached hydrogen (secondary N) is 1. The van der Waals surface area contributed by atoms with Gasteiger partial charge in [0, 0.05) is 0 Å². The van der Waals surface area contributed by atoms with Gasteiger partial charge in [-0.2, -0.15) is 0 Å². The predicted molar refractivity (Wildman–Crippen MR) is 82.0 cm³/mol. The average molecular weight is 275 g/mol. The third-order valence-corrected chi connectivity index (χ3v) is 3.20. The van der Waals surface area contributed by atoms with E-state index in [4.69, 9.17) is 0 Å². The number of Topliss-reactive ketones (excluding diaryl/α,β-unsaturated/α-hetero) is 1. The van der Waals surface area contributed by atoms with Crippen LogP contribution in [-0.4, -0.2) is 11.7 Å². The molecule has 0 radical (unpaired) electrons. The monoisotopic (exact) mass is 275 g/mol. The van der Waals surface area contributed by atoms with Gasteiger partial charge in [0.05, 0.1) is 11.3 Å². The minimum Gasteiger partial charge on any atom is -0.318 e. The number of allylic oxidation sites excluding steroid dienone is 1. The number of ketones is 1. The van der Waals surface area contributed by atoms with Gasteiger partial charge in [-0.25, -0.2) is 0 Å². The van der Waals surface area contributed by atoms with E-state index in [0.717, 1.165) is 11.1 Å². The minimum absolute atomic E-state index is 0.170. The molecular weight excluding hydrogens is 262 g/mol. The van der Waals surface area contributed by atoms with Crippen LogP contribution in [0.25, 0.3) is 12.2 Å². The van der Waals surface area contributed by atoms with Crippen molar-refractivity contribution in [1.82, 2.24) is 5.32 Å². The molecule has 1 saturated heterocycles. The summed E-state index contributed by atoms with van der Waals surface area (Å²) in [6, 6.07) is 18.8. The predicted octanol–water partition coefficient (Wildman–Crippen LogP) is 2.81. The van der Waals surface area contributed by atoms with Gasteiger partial charge in [0.2, 0.25) is 5.78 Å². The van der Waals surface area contributed by atoms with Crippen LogP contribution in [0.2, 0.25) is 0 Å². The second-order valence-corrected chi connectivity index (χ2v) is 4.72. The zero-order valence-corrected chi connectivity index (χ0v) is 11.2. The molecule has 1 aliphatic heterocycles. The molecule has 0 unspecified atom stereocenters. The first-order valence-corrected chi connectivity index (χ1v) is 6.63. The summed E-state index contributed by atoms with van der Waals surface area (Å²) in [5.74, 6) is -0.626. The van der Waals surface area contributed by atoms with Crippen LogP contribution < -0.4 is 5.32 Å². The lowest BCUT2D eigenvalue weighted by Crippen LogP contribution is -2.13. The maximum atomic E-state index is 12.3. The van der Waals surface area contributed by atoms with Gasteiger partial charge in [-0.15, -0.1) is 0 Å². The molecule has 1 amide bonds. The number of amides is 1. The van der Waals surface area contributed by atoms with E-state index in [1.807, 2.05) is 60.7 Å². The quantitative estimate of drug-likeness (QED) is 0.676. The number of rotatable bonds is 2. The van der Waals surface area contributed by atoms with E-state index >= 15 is 0 Å². The number of hydrogen-bond acceptors (Lipinski definition) is 2. The largest absolute Gasteiger partial charge is 0.318 e. The van der Waals surface area contributed by atoms with Crippen LogP contribution >= 0.6 is 0 Å². The van der Waals surface area contributed by atoms with Crippen molar-refractivity contribution in [3.8, 4) is 0 Å². The Labute approximate surface area is 122 Å². The van der Waals surface area contributed by atoms with E-state index in [1.54, 1.807) is 12.2 Å². The van der Waals surface area contributed by atoms with Crippen molar-refractivity contribution in [2.24, 2.45) is 0 Å². The van der Waals surface area contributed by atoms with Gasteiger partial charge in [0.15, 0.2) is 0 Å². The second-order valence-electron chi connectivity index (χ2n) is 4.72. The summed E-state index contributed by atoms with van der Waals surface area (Å²) in [5.41, 5.74) is 2.19. The number of carbonyl (C=O) groups excluding carboxylic acids is 2. The van der Waals surface area contributed by atoms with E-state index in [2.05, 4.69) is 5.32 Å². The molecule has 3 nitrogen and oxygen atoms in total. The topological polar surface area (TPSA) is 46.2 Å². The fourth-order valence-corrected chi connectivity index (χ4v) is 2.16. The van der Waals surface area contributed by atoms with Crippen LogP contribution in [0.5, 0.6) is 0 Å². The minimum atomic E-state index is -0.356. The third-order valence-electron chi connectivity index (χ3n) is 3.20. The molecule has 2 aromatic carbocycles. The smallest absolute Gasteiger partial charge is 0.259 e. The van der Waals surface area contributed by atoms with E-state index in [-0.39, 0.29) is 17.3 Å². The molecule has 3 heteroatoms. The molecule has 0 atom stereocenters.